The van der Waals surface area contributed by atoms with E-state index in [2.05, 4.69) is 15.3 Å². The van der Waals surface area contributed by atoms with Crippen molar-refractivity contribution in [1.29, 1.82) is 0 Å². The van der Waals surface area contributed by atoms with E-state index in [4.69, 9.17) is 0 Å². The maximum Gasteiger partial charge on any atom is 0.239 e. The largest absolute Gasteiger partial charge is 0.341 e. The molecule has 0 aromatic carbocycles. The van der Waals surface area contributed by atoms with Gasteiger partial charge in [-0.2, -0.15) is 5.10 Å². The van der Waals surface area contributed by atoms with Crippen molar-refractivity contribution in [2.24, 2.45) is 5.92 Å². The predicted octanol–water partition coefficient (Wildman–Crippen LogP) is 1.26. The van der Waals surface area contributed by atoms with Crippen LogP contribution in [0.4, 0.5) is 0 Å². The number of hydrogen-bond acceptors (Lipinski definition) is 3. The van der Waals surface area contributed by atoms with Gasteiger partial charge in [0.15, 0.2) is 0 Å². The maximum absolute atomic E-state index is 12.4. The molecule has 5 heteroatoms. The van der Waals surface area contributed by atoms with Gasteiger partial charge in [-0.1, -0.05) is 6.42 Å². The van der Waals surface area contributed by atoms with Crippen molar-refractivity contribution in [3.63, 3.8) is 0 Å². The number of carbonyl (C=O) groups excluding carboxylic acids is 1. The molecule has 1 atom stereocenters. The minimum Gasteiger partial charge on any atom is -0.341 e. The topological polar surface area (TPSA) is 50.2 Å². The Hall–Kier alpha value is -1.36. The monoisotopic (exact) mass is 276 g/mol. The summed E-state index contributed by atoms with van der Waals surface area (Å²) >= 11 is 0. The summed E-state index contributed by atoms with van der Waals surface area (Å²) in [5.74, 6) is 0.973. The molecule has 3 rings (SSSR count). The number of nitrogens with one attached hydrogen (secondary N) is 1. The molecule has 1 aromatic heterocycles. The SMILES string of the molecule is O=C([C@H]1CCCCN1)N1CCC(Cn2cccn2)CC1. The van der Waals surface area contributed by atoms with Gasteiger partial charge in [0.1, 0.15) is 0 Å². The molecule has 2 saturated heterocycles. The molecule has 1 aromatic rings. The minimum absolute atomic E-state index is 0.0754. The van der Waals surface area contributed by atoms with Crippen LogP contribution in [0.25, 0.3) is 0 Å². The Morgan fingerprint density at radius 2 is 2.10 bits per heavy atom. The van der Waals surface area contributed by atoms with Crippen LogP contribution in [0.15, 0.2) is 18.5 Å². The Morgan fingerprint density at radius 3 is 2.75 bits per heavy atom. The third-order valence-electron chi connectivity index (χ3n) is 4.54. The zero-order valence-electron chi connectivity index (χ0n) is 12.0. The van der Waals surface area contributed by atoms with Crippen molar-refractivity contribution in [3.05, 3.63) is 18.5 Å². The summed E-state index contributed by atoms with van der Waals surface area (Å²) in [6.45, 7) is 3.79. The summed E-state index contributed by atoms with van der Waals surface area (Å²) < 4.78 is 2.00. The third-order valence-corrected chi connectivity index (χ3v) is 4.54. The van der Waals surface area contributed by atoms with E-state index in [9.17, 15) is 4.79 Å². The molecular formula is C15H24N4O. The lowest BCUT2D eigenvalue weighted by molar-refractivity contribution is -0.135. The van der Waals surface area contributed by atoms with Crippen LogP contribution in [-0.2, 0) is 11.3 Å². The van der Waals surface area contributed by atoms with E-state index in [0.29, 0.717) is 11.8 Å². The highest BCUT2D eigenvalue weighted by molar-refractivity contribution is 5.82. The Balaban J connectivity index is 1.46. The van der Waals surface area contributed by atoms with Crippen molar-refractivity contribution in [1.82, 2.24) is 20.0 Å². The maximum atomic E-state index is 12.4. The average Bonchev–Trinajstić information content (AvgIpc) is 3.01. The molecule has 0 saturated carbocycles. The van der Waals surface area contributed by atoms with Gasteiger partial charge in [0.05, 0.1) is 6.04 Å². The molecule has 1 amide bonds. The molecule has 0 spiro atoms. The lowest BCUT2D eigenvalue weighted by Crippen LogP contribution is -2.50. The summed E-state index contributed by atoms with van der Waals surface area (Å²) in [5.41, 5.74) is 0. The summed E-state index contributed by atoms with van der Waals surface area (Å²) in [6.07, 6.45) is 9.43. The van der Waals surface area contributed by atoms with E-state index in [-0.39, 0.29) is 6.04 Å². The number of likely N-dealkylation sites (tertiary alicyclic amines) is 1. The van der Waals surface area contributed by atoms with Crippen LogP contribution in [0.2, 0.25) is 0 Å². The van der Waals surface area contributed by atoms with E-state index >= 15 is 0 Å². The molecule has 5 nitrogen and oxygen atoms in total. The molecule has 1 N–H and O–H groups in total. The van der Waals surface area contributed by atoms with E-state index in [1.165, 1.54) is 12.8 Å². The average molecular weight is 276 g/mol. The van der Waals surface area contributed by atoms with E-state index < -0.39 is 0 Å². The Bertz CT molecular complexity index is 417. The molecule has 0 bridgehead atoms. The van der Waals surface area contributed by atoms with Crippen LogP contribution in [0.1, 0.15) is 32.1 Å². The predicted molar refractivity (Wildman–Crippen MR) is 77.2 cm³/mol. The second kappa shape index (κ2) is 6.39. The van der Waals surface area contributed by atoms with Crippen LogP contribution >= 0.6 is 0 Å². The standard InChI is InChI=1S/C15H24N4O/c20-15(14-4-1-2-7-16-14)18-10-5-13(6-11-18)12-19-9-3-8-17-19/h3,8-9,13-14,16H,1-2,4-7,10-12H2/t14-/m1/s1. The molecule has 0 aliphatic carbocycles. The number of carbonyl (C=O) groups is 1. The summed E-state index contributed by atoms with van der Waals surface area (Å²) in [4.78, 5) is 14.5. The van der Waals surface area contributed by atoms with Gasteiger partial charge < -0.3 is 10.2 Å². The van der Waals surface area contributed by atoms with Gasteiger partial charge >= 0.3 is 0 Å². The lowest BCUT2D eigenvalue weighted by Gasteiger charge is -2.35. The first-order valence-electron chi connectivity index (χ1n) is 7.82. The van der Waals surface area contributed by atoms with Crippen LogP contribution in [0, 0.1) is 5.92 Å². The lowest BCUT2D eigenvalue weighted by atomic mass is 9.95. The van der Waals surface area contributed by atoms with Crippen LogP contribution < -0.4 is 5.32 Å². The first-order valence-corrected chi connectivity index (χ1v) is 7.82. The summed E-state index contributed by atoms with van der Waals surface area (Å²) in [6, 6.07) is 2.04. The van der Waals surface area contributed by atoms with Crippen LogP contribution in [0.3, 0.4) is 0 Å². The zero-order chi connectivity index (χ0) is 13.8. The molecule has 0 unspecified atom stereocenters. The summed E-state index contributed by atoms with van der Waals surface area (Å²) in [5, 5.41) is 7.62. The number of amides is 1. The molecule has 110 valence electrons. The van der Waals surface area contributed by atoms with E-state index in [0.717, 1.165) is 45.4 Å². The van der Waals surface area contributed by atoms with Gasteiger partial charge in [0.2, 0.25) is 5.91 Å². The normalized spacial score (nSPS) is 24.8. The third kappa shape index (κ3) is 3.20. The number of piperidine rings is 2. The van der Waals surface area contributed by atoms with Crippen molar-refractivity contribution in [3.8, 4) is 0 Å². The Labute approximate surface area is 120 Å². The molecule has 2 aliphatic rings. The quantitative estimate of drug-likeness (QED) is 0.904. The number of rotatable bonds is 3. The molecule has 20 heavy (non-hydrogen) atoms. The van der Waals surface area contributed by atoms with Crippen molar-refractivity contribution < 1.29 is 4.79 Å². The molecule has 2 fully saturated rings. The Morgan fingerprint density at radius 1 is 1.25 bits per heavy atom. The fraction of sp³-hybridized carbons (Fsp3) is 0.733. The highest BCUT2D eigenvalue weighted by atomic mass is 16.2. The highest BCUT2D eigenvalue weighted by Crippen LogP contribution is 2.20. The number of hydrogen-bond donors (Lipinski definition) is 1. The smallest absolute Gasteiger partial charge is 0.239 e. The fourth-order valence-corrected chi connectivity index (χ4v) is 3.29. The van der Waals surface area contributed by atoms with Crippen molar-refractivity contribution in [2.45, 2.75) is 44.7 Å². The van der Waals surface area contributed by atoms with Crippen LogP contribution in [0.5, 0.6) is 0 Å². The second-order valence-corrected chi connectivity index (χ2v) is 6.00. The molecule has 3 heterocycles. The van der Waals surface area contributed by atoms with Gasteiger partial charge in [-0.05, 0) is 44.2 Å². The zero-order valence-corrected chi connectivity index (χ0v) is 12.0. The van der Waals surface area contributed by atoms with Gasteiger partial charge in [-0.15, -0.1) is 0 Å². The van der Waals surface area contributed by atoms with Crippen LogP contribution in [-0.4, -0.2) is 46.3 Å². The highest BCUT2D eigenvalue weighted by Gasteiger charge is 2.28. The minimum atomic E-state index is 0.0754. The molecule has 2 aliphatic heterocycles. The molecule has 0 radical (unpaired) electrons. The van der Waals surface area contributed by atoms with Gasteiger partial charge in [0.25, 0.3) is 0 Å². The van der Waals surface area contributed by atoms with E-state index in [1.807, 2.05) is 23.1 Å². The van der Waals surface area contributed by atoms with E-state index in [1.54, 1.807) is 0 Å². The van der Waals surface area contributed by atoms with Gasteiger partial charge in [0, 0.05) is 32.0 Å². The number of nitrogens with zero attached hydrogens (tertiary/aromatic N) is 3. The van der Waals surface area contributed by atoms with Gasteiger partial charge in [-0.3, -0.25) is 9.48 Å². The number of aromatic nitrogens is 2. The molecular weight excluding hydrogens is 252 g/mol. The van der Waals surface area contributed by atoms with Gasteiger partial charge in [-0.25, -0.2) is 0 Å². The Kier molecular flexibility index (Phi) is 4.35. The second-order valence-electron chi connectivity index (χ2n) is 6.00. The first-order chi connectivity index (χ1) is 9.83. The van der Waals surface area contributed by atoms with Crippen molar-refractivity contribution >= 4 is 5.91 Å². The first kappa shape index (κ1) is 13.6. The summed E-state index contributed by atoms with van der Waals surface area (Å²) in [7, 11) is 0. The van der Waals surface area contributed by atoms with Crippen molar-refractivity contribution in [2.75, 3.05) is 19.6 Å². The fourth-order valence-electron chi connectivity index (χ4n) is 3.29.